The summed E-state index contributed by atoms with van der Waals surface area (Å²) in [6, 6.07) is 15.9. The van der Waals surface area contributed by atoms with Gasteiger partial charge in [-0.25, -0.2) is 9.78 Å². The van der Waals surface area contributed by atoms with Crippen LogP contribution in [-0.2, 0) is 20.9 Å². The second-order valence-electron chi connectivity index (χ2n) is 8.34. The van der Waals surface area contributed by atoms with E-state index in [1.54, 1.807) is 0 Å². The predicted molar refractivity (Wildman–Crippen MR) is 131 cm³/mol. The fraction of sp³-hybridized carbons (Fsp3) is 0.320. The number of aromatic nitrogens is 1. The molecule has 0 aliphatic carbocycles. The zero-order valence-corrected chi connectivity index (χ0v) is 20.0. The molecule has 1 aliphatic heterocycles. The number of thiazole rings is 1. The molecule has 0 bridgehead atoms. The molecule has 1 aromatic heterocycles. The van der Waals surface area contributed by atoms with Crippen LogP contribution in [-0.4, -0.2) is 59.3 Å². The van der Waals surface area contributed by atoms with Gasteiger partial charge in [-0.2, -0.15) is 0 Å². The lowest BCUT2D eigenvalue weighted by Crippen LogP contribution is -2.51. The van der Waals surface area contributed by atoms with Gasteiger partial charge >= 0.3 is 6.09 Å². The number of ketones is 1. The van der Waals surface area contributed by atoms with E-state index in [4.69, 9.17) is 4.74 Å². The van der Waals surface area contributed by atoms with Gasteiger partial charge in [0.05, 0.1) is 16.8 Å². The largest absolute Gasteiger partial charge is 0.445 e. The van der Waals surface area contributed by atoms with Crippen LogP contribution in [0.15, 0.2) is 54.6 Å². The molecule has 1 unspecified atom stereocenters. The Kier molecular flexibility index (Phi) is 7.71. The molecule has 0 radical (unpaired) electrons. The minimum atomic E-state index is -0.715. The lowest BCUT2D eigenvalue weighted by molar-refractivity contribution is -0.138. The summed E-state index contributed by atoms with van der Waals surface area (Å²) in [5.74, 6) is -1.15. The highest BCUT2D eigenvalue weighted by Gasteiger charge is 2.39. The van der Waals surface area contributed by atoms with Crippen LogP contribution in [0.2, 0.25) is 0 Å². The monoisotopic (exact) mass is 494 g/mol. The molecule has 2 aromatic carbocycles. The topological polar surface area (TPSA) is 118 Å². The summed E-state index contributed by atoms with van der Waals surface area (Å²) < 4.78 is 6.02. The number of rotatable bonds is 8. The molecule has 182 valence electrons. The van der Waals surface area contributed by atoms with E-state index < -0.39 is 18.0 Å². The first-order valence-corrected chi connectivity index (χ1v) is 12.1. The van der Waals surface area contributed by atoms with Gasteiger partial charge in [-0.15, -0.1) is 11.3 Å². The lowest BCUT2D eigenvalue weighted by atomic mass is 10.0. The van der Waals surface area contributed by atoms with Crippen LogP contribution in [0.25, 0.3) is 10.2 Å². The van der Waals surface area contributed by atoms with Crippen molar-refractivity contribution < 1.29 is 23.9 Å². The van der Waals surface area contributed by atoms with Gasteiger partial charge < -0.3 is 20.3 Å². The SMILES string of the molecule is C[C@H]1CCN(C(=O)CNC(=O)OCc2ccccc2)C1C(=O)NCC(=O)c1nc2ccccc2s1. The summed E-state index contributed by atoms with van der Waals surface area (Å²) in [5, 5.41) is 5.43. The number of ether oxygens (including phenoxy) is 1. The number of para-hydroxylation sites is 1. The number of amides is 3. The number of Topliss-reactive ketones (excluding diaryl/α,β-unsaturated/α-hetero) is 1. The Morgan fingerprint density at radius 3 is 2.54 bits per heavy atom. The molecule has 10 heteroatoms. The van der Waals surface area contributed by atoms with Crippen LogP contribution in [0.4, 0.5) is 4.79 Å². The fourth-order valence-corrected chi connectivity index (χ4v) is 4.89. The Morgan fingerprint density at radius 2 is 1.77 bits per heavy atom. The smallest absolute Gasteiger partial charge is 0.407 e. The molecule has 4 rings (SSSR count). The van der Waals surface area contributed by atoms with Crippen molar-refractivity contribution in [1.29, 1.82) is 0 Å². The minimum absolute atomic E-state index is 0.0819. The van der Waals surface area contributed by atoms with Crippen LogP contribution in [0, 0.1) is 5.92 Å². The summed E-state index contributed by atoms with van der Waals surface area (Å²) in [6.45, 7) is 1.89. The van der Waals surface area contributed by atoms with Crippen LogP contribution < -0.4 is 10.6 Å². The van der Waals surface area contributed by atoms with Crippen molar-refractivity contribution >= 4 is 45.2 Å². The first kappa shape index (κ1) is 24.3. The molecule has 2 N–H and O–H groups in total. The normalized spacial score (nSPS) is 17.2. The van der Waals surface area contributed by atoms with E-state index in [1.165, 1.54) is 16.2 Å². The summed E-state index contributed by atoms with van der Waals surface area (Å²) in [4.78, 5) is 55.9. The molecule has 3 aromatic rings. The molecule has 0 spiro atoms. The Hall–Kier alpha value is -3.79. The number of benzene rings is 2. The summed E-state index contributed by atoms with van der Waals surface area (Å²) in [7, 11) is 0. The van der Waals surface area contributed by atoms with Gasteiger partial charge in [-0.3, -0.25) is 14.4 Å². The Morgan fingerprint density at radius 1 is 1.03 bits per heavy atom. The van der Waals surface area contributed by atoms with Gasteiger partial charge in [0.2, 0.25) is 17.6 Å². The number of nitrogens with zero attached hydrogens (tertiary/aromatic N) is 2. The first-order valence-electron chi connectivity index (χ1n) is 11.3. The highest BCUT2D eigenvalue weighted by molar-refractivity contribution is 7.20. The minimum Gasteiger partial charge on any atom is -0.445 e. The molecule has 1 fully saturated rings. The van der Waals surface area contributed by atoms with Gasteiger partial charge in [-0.05, 0) is 30.0 Å². The highest BCUT2D eigenvalue weighted by Crippen LogP contribution is 2.25. The third kappa shape index (κ3) is 6.02. The number of likely N-dealkylation sites (tertiary alicyclic amines) is 1. The average Bonchev–Trinajstić information content (AvgIpc) is 3.48. The van der Waals surface area contributed by atoms with E-state index in [1.807, 2.05) is 61.5 Å². The van der Waals surface area contributed by atoms with Crippen molar-refractivity contribution in [3.8, 4) is 0 Å². The van der Waals surface area contributed by atoms with Crippen molar-refractivity contribution in [2.24, 2.45) is 5.92 Å². The van der Waals surface area contributed by atoms with Gasteiger partial charge in [0.25, 0.3) is 0 Å². The van der Waals surface area contributed by atoms with E-state index in [0.717, 1.165) is 15.8 Å². The number of fused-ring (bicyclic) bond motifs is 1. The maximum absolute atomic E-state index is 12.9. The first-order chi connectivity index (χ1) is 16.9. The number of hydrogen-bond acceptors (Lipinski definition) is 7. The molecule has 0 saturated carbocycles. The van der Waals surface area contributed by atoms with E-state index >= 15 is 0 Å². The summed E-state index contributed by atoms with van der Waals surface area (Å²) >= 11 is 1.28. The van der Waals surface area contributed by atoms with Crippen molar-refractivity contribution in [2.75, 3.05) is 19.6 Å². The molecule has 35 heavy (non-hydrogen) atoms. The van der Waals surface area contributed by atoms with Crippen molar-refractivity contribution in [1.82, 2.24) is 20.5 Å². The van der Waals surface area contributed by atoms with Gasteiger partial charge in [-0.1, -0.05) is 49.4 Å². The van der Waals surface area contributed by atoms with Gasteiger partial charge in [0, 0.05) is 6.54 Å². The molecule has 1 aliphatic rings. The molecule has 9 nitrogen and oxygen atoms in total. The maximum atomic E-state index is 12.9. The molecular weight excluding hydrogens is 468 g/mol. The molecule has 2 heterocycles. The quantitative estimate of drug-likeness (QED) is 0.465. The van der Waals surface area contributed by atoms with Gasteiger partial charge in [0.15, 0.2) is 5.01 Å². The number of nitrogens with one attached hydrogen (secondary N) is 2. The average molecular weight is 495 g/mol. The number of alkyl carbamates (subject to hydrolysis) is 1. The zero-order chi connectivity index (χ0) is 24.8. The van der Waals surface area contributed by atoms with Crippen molar-refractivity contribution in [2.45, 2.75) is 26.0 Å². The Balaban J connectivity index is 1.27. The van der Waals surface area contributed by atoms with Crippen LogP contribution in [0.3, 0.4) is 0 Å². The highest BCUT2D eigenvalue weighted by atomic mass is 32.1. The molecule has 3 amide bonds. The third-order valence-corrected chi connectivity index (χ3v) is 6.92. The van der Waals surface area contributed by atoms with Gasteiger partial charge in [0.1, 0.15) is 19.2 Å². The lowest BCUT2D eigenvalue weighted by Gasteiger charge is -2.26. The standard InChI is InChI=1S/C25H26N4O5S/c1-16-11-12-29(21(31)14-27-25(33)34-15-17-7-3-2-4-8-17)22(16)23(32)26-13-19(30)24-28-18-9-5-6-10-20(18)35-24/h2-10,16,22H,11-15H2,1H3,(H,26,32)(H,27,33)/t16-,22?/m0/s1. The molecule has 2 atom stereocenters. The number of carbonyl (C=O) groups is 4. The van der Waals surface area contributed by atoms with Crippen LogP contribution >= 0.6 is 11.3 Å². The van der Waals surface area contributed by atoms with E-state index in [-0.39, 0.29) is 37.3 Å². The fourth-order valence-electron chi connectivity index (χ4n) is 3.99. The van der Waals surface area contributed by atoms with E-state index in [2.05, 4.69) is 15.6 Å². The third-order valence-electron chi connectivity index (χ3n) is 5.84. The summed E-state index contributed by atoms with van der Waals surface area (Å²) in [6.07, 6.45) is -0.0643. The van der Waals surface area contributed by atoms with Crippen molar-refractivity contribution in [3.63, 3.8) is 0 Å². The number of hydrogen-bond donors (Lipinski definition) is 2. The number of carbonyl (C=O) groups excluding carboxylic acids is 4. The maximum Gasteiger partial charge on any atom is 0.407 e. The predicted octanol–water partition coefficient (Wildman–Crippen LogP) is 2.76. The van der Waals surface area contributed by atoms with Crippen LogP contribution in [0.1, 0.15) is 28.7 Å². The second kappa shape index (κ2) is 11.1. The van der Waals surface area contributed by atoms with E-state index in [0.29, 0.717) is 18.0 Å². The molecular formula is C25H26N4O5S. The van der Waals surface area contributed by atoms with Crippen molar-refractivity contribution in [3.05, 3.63) is 65.2 Å². The molecule has 1 saturated heterocycles. The summed E-state index contributed by atoms with van der Waals surface area (Å²) in [5.41, 5.74) is 1.57. The van der Waals surface area contributed by atoms with E-state index in [9.17, 15) is 19.2 Å². The second-order valence-corrected chi connectivity index (χ2v) is 9.37. The van der Waals surface area contributed by atoms with Crippen LogP contribution in [0.5, 0.6) is 0 Å². The Bertz CT molecular complexity index is 1200. The zero-order valence-electron chi connectivity index (χ0n) is 19.2. The Labute approximate surface area is 206 Å².